The van der Waals surface area contributed by atoms with E-state index in [9.17, 15) is 0 Å². The van der Waals surface area contributed by atoms with Gasteiger partial charge in [-0.25, -0.2) is 0 Å². The Morgan fingerprint density at radius 1 is 1.44 bits per heavy atom. The number of thiophene rings is 1. The van der Waals surface area contributed by atoms with Crippen LogP contribution in [0.4, 0.5) is 0 Å². The molecule has 3 nitrogen and oxygen atoms in total. The number of nitrogens with one attached hydrogen (secondary N) is 1. The van der Waals surface area contributed by atoms with Gasteiger partial charge in [-0.05, 0) is 54.8 Å². The summed E-state index contributed by atoms with van der Waals surface area (Å²) in [6, 6.07) is 2.60. The van der Waals surface area contributed by atoms with Gasteiger partial charge in [-0.1, -0.05) is 6.92 Å². The monoisotopic (exact) mass is 263 g/mol. The van der Waals surface area contributed by atoms with E-state index in [1.54, 1.807) is 11.3 Å². The largest absolute Gasteiger partial charge is 0.310 e. The van der Waals surface area contributed by atoms with Crippen molar-refractivity contribution in [2.24, 2.45) is 7.05 Å². The Labute approximate surface area is 113 Å². The first kappa shape index (κ1) is 13.3. The van der Waals surface area contributed by atoms with E-state index in [0.717, 1.165) is 18.7 Å². The maximum Gasteiger partial charge on any atom is 0.0629 e. The van der Waals surface area contributed by atoms with E-state index < -0.39 is 0 Å². The van der Waals surface area contributed by atoms with E-state index in [-0.39, 0.29) is 0 Å². The van der Waals surface area contributed by atoms with Gasteiger partial charge in [0.15, 0.2) is 0 Å². The fraction of sp³-hybridized carbons (Fsp3) is 0.500. The molecule has 0 aromatic carbocycles. The Hall–Kier alpha value is -1.13. The standard InChI is InChI=1S/C14H21N3S/c1-5-15-14(12-6-7-18-9-12)8-13-10(2)16-17(4)11(13)3/h6-7,9,14-15H,5,8H2,1-4H3. The van der Waals surface area contributed by atoms with Crippen molar-refractivity contribution >= 4 is 11.3 Å². The molecule has 2 rings (SSSR count). The van der Waals surface area contributed by atoms with Gasteiger partial charge >= 0.3 is 0 Å². The molecule has 1 N–H and O–H groups in total. The minimum atomic E-state index is 0.392. The molecular weight excluding hydrogens is 242 g/mol. The van der Waals surface area contributed by atoms with Crippen LogP contribution in [0.5, 0.6) is 0 Å². The van der Waals surface area contributed by atoms with Crippen molar-refractivity contribution in [3.63, 3.8) is 0 Å². The molecule has 98 valence electrons. The molecule has 0 aliphatic heterocycles. The number of likely N-dealkylation sites (N-methyl/N-ethyl adjacent to an activating group) is 1. The number of rotatable bonds is 5. The zero-order chi connectivity index (χ0) is 13.1. The Kier molecular flexibility index (Phi) is 4.19. The van der Waals surface area contributed by atoms with Crippen LogP contribution in [0.15, 0.2) is 16.8 Å². The molecule has 18 heavy (non-hydrogen) atoms. The molecule has 4 heteroatoms. The van der Waals surface area contributed by atoms with Crippen LogP contribution in [0, 0.1) is 13.8 Å². The molecule has 0 aliphatic rings. The van der Waals surface area contributed by atoms with Gasteiger partial charge < -0.3 is 5.32 Å². The summed E-state index contributed by atoms with van der Waals surface area (Å²) in [4.78, 5) is 0. The Morgan fingerprint density at radius 2 is 2.22 bits per heavy atom. The van der Waals surface area contributed by atoms with Crippen LogP contribution < -0.4 is 5.32 Å². The van der Waals surface area contributed by atoms with Crippen LogP contribution in [-0.4, -0.2) is 16.3 Å². The quantitative estimate of drug-likeness (QED) is 0.898. The van der Waals surface area contributed by atoms with Crippen molar-refractivity contribution in [3.05, 3.63) is 39.3 Å². The summed E-state index contributed by atoms with van der Waals surface area (Å²) in [5.41, 5.74) is 5.16. The highest BCUT2D eigenvalue weighted by Crippen LogP contribution is 2.24. The fourth-order valence-electron chi connectivity index (χ4n) is 2.34. The number of aryl methyl sites for hydroxylation is 2. The van der Waals surface area contributed by atoms with Crippen LogP contribution in [-0.2, 0) is 13.5 Å². The summed E-state index contributed by atoms with van der Waals surface area (Å²) in [6.45, 7) is 7.38. The van der Waals surface area contributed by atoms with Gasteiger partial charge in [0.2, 0.25) is 0 Å². The molecule has 1 atom stereocenters. The Bertz CT molecular complexity index is 499. The smallest absolute Gasteiger partial charge is 0.0629 e. The van der Waals surface area contributed by atoms with E-state index in [2.05, 4.69) is 48.0 Å². The zero-order valence-electron chi connectivity index (χ0n) is 11.5. The lowest BCUT2D eigenvalue weighted by molar-refractivity contribution is 0.549. The van der Waals surface area contributed by atoms with Crippen LogP contribution in [0.2, 0.25) is 0 Å². The predicted molar refractivity (Wildman–Crippen MR) is 77.1 cm³/mol. The van der Waals surface area contributed by atoms with Gasteiger partial charge in [0.1, 0.15) is 0 Å². The molecule has 2 aromatic heterocycles. The summed E-state index contributed by atoms with van der Waals surface area (Å²) in [6.07, 6.45) is 1.01. The van der Waals surface area contributed by atoms with E-state index in [1.165, 1.54) is 16.8 Å². The highest BCUT2D eigenvalue weighted by molar-refractivity contribution is 7.07. The average molecular weight is 263 g/mol. The van der Waals surface area contributed by atoms with Crippen molar-refractivity contribution in [1.82, 2.24) is 15.1 Å². The van der Waals surface area contributed by atoms with E-state index in [0.29, 0.717) is 6.04 Å². The summed E-state index contributed by atoms with van der Waals surface area (Å²) < 4.78 is 1.97. The number of aromatic nitrogens is 2. The SMILES string of the molecule is CCNC(Cc1c(C)nn(C)c1C)c1ccsc1. The van der Waals surface area contributed by atoms with Crippen molar-refractivity contribution in [2.75, 3.05) is 6.54 Å². The first-order valence-electron chi connectivity index (χ1n) is 6.38. The zero-order valence-corrected chi connectivity index (χ0v) is 12.3. The second-order valence-corrected chi connectivity index (χ2v) is 5.42. The maximum absolute atomic E-state index is 4.50. The highest BCUT2D eigenvalue weighted by Gasteiger charge is 2.17. The maximum atomic E-state index is 4.50. The highest BCUT2D eigenvalue weighted by atomic mass is 32.1. The normalized spacial score (nSPS) is 12.9. The topological polar surface area (TPSA) is 29.9 Å². The van der Waals surface area contributed by atoms with Crippen molar-refractivity contribution in [3.8, 4) is 0 Å². The predicted octanol–water partition coefficient (Wildman–Crippen LogP) is 2.99. The molecule has 0 spiro atoms. The van der Waals surface area contributed by atoms with Crippen molar-refractivity contribution in [2.45, 2.75) is 33.2 Å². The van der Waals surface area contributed by atoms with Crippen LogP contribution in [0.25, 0.3) is 0 Å². The average Bonchev–Trinajstić information content (AvgIpc) is 2.93. The number of hydrogen-bond acceptors (Lipinski definition) is 3. The first-order valence-corrected chi connectivity index (χ1v) is 7.32. The molecule has 0 amide bonds. The molecule has 1 unspecified atom stereocenters. The van der Waals surface area contributed by atoms with Gasteiger partial charge in [-0.3, -0.25) is 4.68 Å². The van der Waals surface area contributed by atoms with Crippen molar-refractivity contribution < 1.29 is 0 Å². The van der Waals surface area contributed by atoms with E-state index in [4.69, 9.17) is 0 Å². The van der Waals surface area contributed by atoms with Crippen LogP contribution in [0.3, 0.4) is 0 Å². The molecule has 2 aromatic rings. The van der Waals surface area contributed by atoms with Gasteiger partial charge in [0.05, 0.1) is 5.69 Å². The number of hydrogen-bond donors (Lipinski definition) is 1. The van der Waals surface area contributed by atoms with Gasteiger partial charge in [0, 0.05) is 18.8 Å². The fourth-order valence-corrected chi connectivity index (χ4v) is 3.06. The minimum Gasteiger partial charge on any atom is -0.310 e. The third-order valence-corrected chi connectivity index (χ3v) is 4.16. The van der Waals surface area contributed by atoms with Gasteiger partial charge in [-0.2, -0.15) is 16.4 Å². The first-order chi connectivity index (χ1) is 8.63. The lowest BCUT2D eigenvalue weighted by Gasteiger charge is -2.17. The third kappa shape index (κ3) is 2.65. The van der Waals surface area contributed by atoms with Crippen LogP contribution in [0.1, 0.15) is 35.5 Å². The van der Waals surface area contributed by atoms with Gasteiger partial charge in [-0.15, -0.1) is 0 Å². The Balaban J connectivity index is 2.24. The summed E-state index contributed by atoms with van der Waals surface area (Å²) >= 11 is 1.76. The summed E-state index contributed by atoms with van der Waals surface area (Å²) in [5.74, 6) is 0. The molecule has 0 saturated heterocycles. The number of nitrogens with zero attached hydrogens (tertiary/aromatic N) is 2. The van der Waals surface area contributed by atoms with E-state index >= 15 is 0 Å². The van der Waals surface area contributed by atoms with Crippen molar-refractivity contribution in [1.29, 1.82) is 0 Å². The molecule has 0 saturated carbocycles. The van der Waals surface area contributed by atoms with Crippen LogP contribution >= 0.6 is 11.3 Å². The lowest BCUT2D eigenvalue weighted by Crippen LogP contribution is -2.22. The van der Waals surface area contributed by atoms with Gasteiger partial charge in [0.25, 0.3) is 0 Å². The molecule has 0 aliphatic carbocycles. The minimum absolute atomic E-state index is 0.392. The molecule has 0 radical (unpaired) electrons. The molecule has 0 bridgehead atoms. The van der Waals surface area contributed by atoms with E-state index in [1.807, 2.05) is 11.7 Å². The summed E-state index contributed by atoms with van der Waals surface area (Å²) in [7, 11) is 2.01. The second kappa shape index (κ2) is 5.67. The second-order valence-electron chi connectivity index (χ2n) is 4.64. The molecular formula is C14H21N3S. The molecule has 0 fully saturated rings. The molecule has 2 heterocycles. The Morgan fingerprint density at radius 3 is 2.72 bits per heavy atom. The lowest BCUT2D eigenvalue weighted by atomic mass is 10.00. The summed E-state index contributed by atoms with van der Waals surface area (Å²) in [5, 5.41) is 12.4. The third-order valence-electron chi connectivity index (χ3n) is 3.46.